The van der Waals surface area contributed by atoms with Crippen LogP contribution in [0.4, 0.5) is 0 Å². The van der Waals surface area contributed by atoms with Gasteiger partial charge in [-0.1, -0.05) is 0 Å². The normalized spacial score (nSPS) is 16.1. The van der Waals surface area contributed by atoms with E-state index < -0.39 is 0 Å². The van der Waals surface area contributed by atoms with Crippen molar-refractivity contribution in [2.24, 2.45) is 0 Å². The lowest BCUT2D eigenvalue weighted by Crippen LogP contribution is -2.35. The van der Waals surface area contributed by atoms with E-state index in [0.717, 1.165) is 48.1 Å². The number of hydrogen-bond donors (Lipinski definition) is 1. The molecule has 0 amide bonds. The molecule has 0 unspecified atom stereocenters. The van der Waals surface area contributed by atoms with Crippen molar-refractivity contribution in [2.45, 2.75) is 25.9 Å². The Bertz CT molecular complexity index is 988. The molecule has 0 spiro atoms. The molecule has 1 aliphatic heterocycles. The van der Waals surface area contributed by atoms with E-state index in [4.69, 9.17) is 4.74 Å². The maximum atomic E-state index is 12.0. The van der Waals surface area contributed by atoms with Crippen LogP contribution < -0.4 is 10.3 Å². The summed E-state index contributed by atoms with van der Waals surface area (Å²) in [4.78, 5) is 21.8. The van der Waals surface area contributed by atoms with Crippen molar-refractivity contribution in [2.75, 3.05) is 20.1 Å². The summed E-state index contributed by atoms with van der Waals surface area (Å²) < 4.78 is 6.19. The third-order valence-corrected chi connectivity index (χ3v) is 5.05. The summed E-state index contributed by atoms with van der Waals surface area (Å²) in [6.45, 7) is 4.20. The first-order valence-corrected chi connectivity index (χ1v) is 9.05. The van der Waals surface area contributed by atoms with E-state index in [1.807, 2.05) is 31.2 Å². The Kier molecular flexibility index (Phi) is 4.47. The lowest BCUT2D eigenvalue weighted by molar-refractivity contribution is 0.114. The summed E-state index contributed by atoms with van der Waals surface area (Å²) in [5.41, 5.74) is 3.12. The summed E-state index contributed by atoms with van der Waals surface area (Å²) >= 11 is 0. The van der Waals surface area contributed by atoms with Crippen molar-refractivity contribution >= 4 is 10.9 Å². The van der Waals surface area contributed by atoms with E-state index in [2.05, 4.69) is 28.0 Å². The van der Waals surface area contributed by atoms with Crippen LogP contribution in [-0.4, -0.2) is 41.1 Å². The van der Waals surface area contributed by atoms with Crippen LogP contribution >= 0.6 is 0 Å². The van der Waals surface area contributed by atoms with Crippen molar-refractivity contribution in [3.63, 3.8) is 0 Å². The number of piperidine rings is 1. The number of ether oxygens (including phenoxy) is 1. The average Bonchev–Trinajstić information content (AvgIpc) is 2.64. The Morgan fingerprint density at radius 2 is 2.00 bits per heavy atom. The van der Waals surface area contributed by atoms with Crippen LogP contribution in [-0.2, 0) is 0 Å². The zero-order valence-electron chi connectivity index (χ0n) is 15.2. The van der Waals surface area contributed by atoms with E-state index in [1.165, 1.54) is 0 Å². The maximum absolute atomic E-state index is 12.0. The van der Waals surface area contributed by atoms with Gasteiger partial charge in [0.25, 0.3) is 5.56 Å². The molecule has 0 aliphatic carbocycles. The standard InChI is InChI=1S/C21H23N3O2/c1-14-12-20(17-4-3-9-22-21(17)25)23-19-6-5-16(13-18(14)19)26-15-7-10-24(2)11-8-15/h3-6,9,12-13,15H,7-8,10-11H2,1-2H3,(H,22,25). The van der Waals surface area contributed by atoms with Gasteiger partial charge in [0.15, 0.2) is 0 Å². The molecule has 3 heterocycles. The van der Waals surface area contributed by atoms with Gasteiger partial charge in [0.2, 0.25) is 0 Å². The monoisotopic (exact) mass is 349 g/mol. The third-order valence-electron chi connectivity index (χ3n) is 5.05. The quantitative estimate of drug-likeness (QED) is 0.788. The SMILES string of the molecule is Cc1cc(-c2ccc[nH]c2=O)nc2ccc(OC3CCN(C)CC3)cc12. The van der Waals surface area contributed by atoms with E-state index >= 15 is 0 Å². The summed E-state index contributed by atoms with van der Waals surface area (Å²) in [7, 11) is 2.15. The molecule has 0 atom stereocenters. The van der Waals surface area contributed by atoms with Crippen LogP contribution in [0.5, 0.6) is 5.75 Å². The highest BCUT2D eigenvalue weighted by atomic mass is 16.5. The van der Waals surface area contributed by atoms with Crippen molar-refractivity contribution in [3.05, 3.63) is 58.5 Å². The maximum Gasteiger partial charge on any atom is 0.257 e. The number of pyridine rings is 2. The molecule has 5 heteroatoms. The molecule has 1 aromatic carbocycles. The Labute approximate surface area is 152 Å². The lowest BCUT2D eigenvalue weighted by atomic mass is 10.1. The van der Waals surface area contributed by atoms with Gasteiger partial charge < -0.3 is 14.6 Å². The fourth-order valence-electron chi connectivity index (χ4n) is 3.50. The molecule has 1 saturated heterocycles. The van der Waals surface area contributed by atoms with Gasteiger partial charge in [0.05, 0.1) is 16.8 Å². The van der Waals surface area contributed by atoms with Gasteiger partial charge in [0.1, 0.15) is 11.9 Å². The van der Waals surface area contributed by atoms with Gasteiger partial charge in [-0.15, -0.1) is 0 Å². The number of nitrogens with zero attached hydrogens (tertiary/aromatic N) is 2. The highest BCUT2D eigenvalue weighted by Gasteiger charge is 2.18. The number of hydrogen-bond acceptors (Lipinski definition) is 4. The van der Waals surface area contributed by atoms with E-state index in [1.54, 1.807) is 12.3 Å². The second-order valence-corrected chi connectivity index (χ2v) is 7.04. The largest absolute Gasteiger partial charge is 0.490 e. The Hall–Kier alpha value is -2.66. The van der Waals surface area contributed by atoms with Crippen LogP contribution in [0.25, 0.3) is 22.2 Å². The number of rotatable bonds is 3. The number of H-pyrrole nitrogens is 1. The first kappa shape index (κ1) is 16.8. The van der Waals surface area contributed by atoms with Gasteiger partial charge >= 0.3 is 0 Å². The predicted octanol–water partition coefficient (Wildman–Crippen LogP) is 3.37. The third kappa shape index (κ3) is 3.35. The van der Waals surface area contributed by atoms with Crippen LogP contribution in [0.2, 0.25) is 0 Å². The van der Waals surface area contributed by atoms with Crippen LogP contribution in [0.15, 0.2) is 47.4 Å². The number of aryl methyl sites for hydroxylation is 1. The second kappa shape index (κ2) is 6.92. The van der Waals surface area contributed by atoms with Crippen molar-refractivity contribution in [3.8, 4) is 17.0 Å². The first-order valence-electron chi connectivity index (χ1n) is 9.05. The number of likely N-dealkylation sites (tertiary alicyclic amines) is 1. The molecular formula is C21H23N3O2. The summed E-state index contributed by atoms with van der Waals surface area (Å²) in [6, 6.07) is 11.6. The number of fused-ring (bicyclic) bond motifs is 1. The fourth-order valence-corrected chi connectivity index (χ4v) is 3.50. The van der Waals surface area contributed by atoms with Gasteiger partial charge in [-0.25, -0.2) is 4.98 Å². The molecule has 0 radical (unpaired) electrons. The van der Waals surface area contributed by atoms with Gasteiger partial charge in [0, 0.05) is 24.7 Å². The Morgan fingerprint density at radius 1 is 1.19 bits per heavy atom. The van der Waals surface area contributed by atoms with Crippen molar-refractivity contribution in [1.82, 2.24) is 14.9 Å². The second-order valence-electron chi connectivity index (χ2n) is 7.04. The average molecular weight is 349 g/mol. The van der Waals surface area contributed by atoms with Crippen LogP contribution in [0.1, 0.15) is 18.4 Å². The van der Waals surface area contributed by atoms with Crippen molar-refractivity contribution < 1.29 is 4.74 Å². The Balaban J connectivity index is 1.65. The molecule has 1 fully saturated rings. The highest BCUT2D eigenvalue weighted by Crippen LogP contribution is 2.27. The van der Waals surface area contributed by atoms with Gasteiger partial charge in [-0.3, -0.25) is 4.79 Å². The van der Waals surface area contributed by atoms with Gasteiger partial charge in [-0.05, 0) is 68.8 Å². The van der Waals surface area contributed by atoms with E-state index in [9.17, 15) is 4.79 Å². The molecule has 3 aromatic rings. The number of nitrogens with one attached hydrogen (secondary N) is 1. The van der Waals surface area contributed by atoms with Crippen molar-refractivity contribution in [1.29, 1.82) is 0 Å². The van der Waals surface area contributed by atoms with E-state index in [0.29, 0.717) is 11.3 Å². The minimum atomic E-state index is -0.124. The topological polar surface area (TPSA) is 58.2 Å². The van der Waals surface area contributed by atoms with Gasteiger partial charge in [-0.2, -0.15) is 0 Å². The molecule has 4 rings (SSSR count). The number of aromatic amines is 1. The molecule has 0 bridgehead atoms. The molecule has 0 saturated carbocycles. The van der Waals surface area contributed by atoms with Crippen LogP contribution in [0.3, 0.4) is 0 Å². The number of benzene rings is 1. The predicted molar refractivity (Wildman–Crippen MR) is 104 cm³/mol. The Morgan fingerprint density at radius 3 is 2.77 bits per heavy atom. The molecule has 26 heavy (non-hydrogen) atoms. The summed E-state index contributed by atoms with van der Waals surface area (Å²) in [5, 5.41) is 1.06. The molecule has 5 nitrogen and oxygen atoms in total. The molecule has 2 aromatic heterocycles. The molecule has 134 valence electrons. The first-order chi connectivity index (χ1) is 12.6. The zero-order valence-corrected chi connectivity index (χ0v) is 15.2. The summed E-state index contributed by atoms with van der Waals surface area (Å²) in [5.74, 6) is 0.891. The highest BCUT2D eigenvalue weighted by molar-refractivity contribution is 5.86. The number of aromatic nitrogens is 2. The van der Waals surface area contributed by atoms with Crippen LogP contribution in [0, 0.1) is 6.92 Å². The smallest absolute Gasteiger partial charge is 0.257 e. The molecule has 1 N–H and O–H groups in total. The zero-order chi connectivity index (χ0) is 18.1. The summed E-state index contributed by atoms with van der Waals surface area (Å²) in [6.07, 6.45) is 4.02. The molecular weight excluding hydrogens is 326 g/mol. The minimum absolute atomic E-state index is 0.124. The fraction of sp³-hybridized carbons (Fsp3) is 0.333. The van der Waals surface area contributed by atoms with E-state index in [-0.39, 0.29) is 11.7 Å². The lowest BCUT2D eigenvalue weighted by Gasteiger charge is -2.29. The molecule has 1 aliphatic rings. The minimum Gasteiger partial charge on any atom is -0.490 e.